The van der Waals surface area contributed by atoms with E-state index in [1.54, 1.807) is 0 Å². The number of hydrogen-bond donors (Lipinski definition) is 0. The predicted molar refractivity (Wildman–Crippen MR) is 113 cm³/mol. The van der Waals surface area contributed by atoms with Crippen LogP contribution in [-0.2, 0) is 22.6 Å². The molecule has 0 unspecified atom stereocenters. The molecule has 0 bridgehead atoms. The minimum atomic E-state index is -0.321. The third kappa shape index (κ3) is 5.54. The van der Waals surface area contributed by atoms with Crippen molar-refractivity contribution in [3.05, 3.63) is 107 Å². The number of rotatable bonds is 8. The highest BCUT2D eigenvalue weighted by Gasteiger charge is 2.24. The zero-order chi connectivity index (χ0) is 19.8. The summed E-state index contributed by atoms with van der Waals surface area (Å²) in [6, 6.07) is 28.9. The van der Waals surface area contributed by atoms with Gasteiger partial charge in [0.05, 0.1) is 13.0 Å². The van der Waals surface area contributed by atoms with Crippen LogP contribution in [0.1, 0.15) is 28.2 Å². The summed E-state index contributed by atoms with van der Waals surface area (Å²) in [6.45, 7) is 4.19. The van der Waals surface area contributed by atoms with E-state index in [2.05, 4.69) is 29.2 Å². The number of hydrogen-bond acceptors (Lipinski definition) is 3. The van der Waals surface area contributed by atoms with E-state index in [1.807, 2.05) is 67.6 Å². The van der Waals surface area contributed by atoms with Gasteiger partial charge in [0, 0.05) is 19.6 Å². The van der Waals surface area contributed by atoms with Crippen LogP contribution in [0.5, 0.6) is 0 Å². The lowest BCUT2D eigenvalue weighted by Gasteiger charge is -2.27. The molecule has 0 N–H and O–H groups in total. The lowest BCUT2D eigenvalue weighted by atomic mass is 9.97. The molecule has 144 valence electrons. The summed E-state index contributed by atoms with van der Waals surface area (Å²) in [7, 11) is 1.46. The maximum Gasteiger partial charge on any atom is 0.314 e. The molecule has 1 atom stereocenters. The fourth-order valence-corrected chi connectivity index (χ4v) is 3.38. The fourth-order valence-electron chi connectivity index (χ4n) is 3.38. The summed E-state index contributed by atoms with van der Waals surface area (Å²) in [6.07, 6.45) is 0. The Morgan fingerprint density at radius 2 is 1.32 bits per heavy atom. The SMILES string of the molecule is COC(=O)[C@H](CN(Cc1ccccc1)Cc1ccccc1)c1ccc(C)cc1. The zero-order valence-electron chi connectivity index (χ0n) is 16.5. The van der Waals surface area contributed by atoms with E-state index < -0.39 is 0 Å². The molecule has 3 nitrogen and oxygen atoms in total. The van der Waals surface area contributed by atoms with Crippen molar-refractivity contribution in [3.8, 4) is 0 Å². The Hall–Kier alpha value is -2.91. The molecule has 0 spiro atoms. The lowest BCUT2D eigenvalue weighted by molar-refractivity contribution is -0.143. The summed E-state index contributed by atoms with van der Waals surface area (Å²) in [5, 5.41) is 0. The van der Waals surface area contributed by atoms with Gasteiger partial charge in [0.25, 0.3) is 0 Å². The number of aryl methyl sites for hydroxylation is 1. The second-order valence-electron chi connectivity index (χ2n) is 7.13. The van der Waals surface area contributed by atoms with Crippen LogP contribution in [0.2, 0.25) is 0 Å². The molecule has 0 amide bonds. The van der Waals surface area contributed by atoms with Gasteiger partial charge in [-0.1, -0.05) is 90.5 Å². The largest absolute Gasteiger partial charge is 0.469 e. The van der Waals surface area contributed by atoms with Gasteiger partial charge in [-0.3, -0.25) is 9.69 Å². The molecule has 0 aliphatic heterocycles. The number of nitrogens with zero attached hydrogens (tertiary/aromatic N) is 1. The number of benzene rings is 3. The standard InChI is InChI=1S/C25H27NO2/c1-20-13-15-23(16-14-20)24(25(27)28-2)19-26(17-21-9-5-3-6-10-21)18-22-11-7-4-8-12-22/h3-16,24H,17-19H2,1-2H3/t24-/m1/s1. The summed E-state index contributed by atoms with van der Waals surface area (Å²) in [5.41, 5.74) is 4.62. The van der Waals surface area contributed by atoms with Crippen molar-refractivity contribution in [3.63, 3.8) is 0 Å². The Balaban J connectivity index is 1.85. The van der Waals surface area contributed by atoms with Gasteiger partial charge in [0.15, 0.2) is 0 Å². The number of carbonyl (C=O) groups excluding carboxylic acids is 1. The molecule has 0 aliphatic carbocycles. The first kappa shape index (κ1) is 19.8. The maximum absolute atomic E-state index is 12.6. The molecule has 0 saturated carbocycles. The van der Waals surface area contributed by atoms with E-state index >= 15 is 0 Å². The third-order valence-corrected chi connectivity index (χ3v) is 4.90. The van der Waals surface area contributed by atoms with Crippen LogP contribution in [0, 0.1) is 6.92 Å². The highest BCUT2D eigenvalue weighted by molar-refractivity contribution is 5.78. The first-order valence-corrected chi connectivity index (χ1v) is 9.60. The quantitative estimate of drug-likeness (QED) is 0.523. The zero-order valence-corrected chi connectivity index (χ0v) is 16.5. The molecule has 0 aromatic heterocycles. The van der Waals surface area contributed by atoms with Crippen LogP contribution >= 0.6 is 0 Å². The van der Waals surface area contributed by atoms with Crippen LogP contribution in [0.4, 0.5) is 0 Å². The van der Waals surface area contributed by atoms with Crippen molar-refractivity contribution in [2.24, 2.45) is 0 Å². The Morgan fingerprint density at radius 1 is 0.821 bits per heavy atom. The van der Waals surface area contributed by atoms with Gasteiger partial charge in [-0.2, -0.15) is 0 Å². The van der Waals surface area contributed by atoms with Crippen LogP contribution < -0.4 is 0 Å². The summed E-state index contributed by atoms with van der Waals surface area (Å²) in [4.78, 5) is 14.9. The Morgan fingerprint density at radius 3 is 1.79 bits per heavy atom. The summed E-state index contributed by atoms with van der Waals surface area (Å²) < 4.78 is 5.13. The van der Waals surface area contributed by atoms with Crippen LogP contribution in [-0.4, -0.2) is 24.5 Å². The number of ether oxygens (including phenoxy) is 1. The third-order valence-electron chi connectivity index (χ3n) is 4.90. The minimum Gasteiger partial charge on any atom is -0.469 e. The maximum atomic E-state index is 12.6. The predicted octanol–water partition coefficient (Wildman–Crippen LogP) is 4.95. The molecule has 3 aromatic carbocycles. The molecule has 0 heterocycles. The van der Waals surface area contributed by atoms with Crippen molar-refractivity contribution in [2.75, 3.05) is 13.7 Å². The average Bonchev–Trinajstić information content (AvgIpc) is 2.73. The Labute approximate surface area is 167 Å². The van der Waals surface area contributed by atoms with Gasteiger partial charge in [-0.05, 0) is 23.6 Å². The first-order valence-electron chi connectivity index (χ1n) is 9.60. The molecule has 0 radical (unpaired) electrons. The van der Waals surface area contributed by atoms with Gasteiger partial charge >= 0.3 is 5.97 Å². The number of carbonyl (C=O) groups is 1. The van der Waals surface area contributed by atoms with Crippen molar-refractivity contribution in [1.29, 1.82) is 0 Å². The highest BCUT2D eigenvalue weighted by atomic mass is 16.5. The smallest absolute Gasteiger partial charge is 0.314 e. The van der Waals surface area contributed by atoms with E-state index in [1.165, 1.54) is 23.8 Å². The molecule has 0 fully saturated rings. The van der Waals surface area contributed by atoms with E-state index in [4.69, 9.17) is 4.74 Å². The molecular formula is C25H27NO2. The van der Waals surface area contributed by atoms with Crippen molar-refractivity contribution in [2.45, 2.75) is 25.9 Å². The second-order valence-corrected chi connectivity index (χ2v) is 7.13. The van der Waals surface area contributed by atoms with E-state index in [-0.39, 0.29) is 11.9 Å². The fraction of sp³-hybridized carbons (Fsp3) is 0.240. The van der Waals surface area contributed by atoms with Gasteiger partial charge in [0.2, 0.25) is 0 Å². The molecule has 0 aliphatic rings. The molecule has 28 heavy (non-hydrogen) atoms. The van der Waals surface area contributed by atoms with Gasteiger partial charge in [-0.15, -0.1) is 0 Å². The summed E-state index contributed by atoms with van der Waals surface area (Å²) in [5.74, 6) is -0.520. The van der Waals surface area contributed by atoms with E-state index in [9.17, 15) is 4.79 Å². The van der Waals surface area contributed by atoms with E-state index in [0.29, 0.717) is 6.54 Å². The lowest BCUT2D eigenvalue weighted by Crippen LogP contribution is -2.32. The minimum absolute atomic E-state index is 0.199. The van der Waals surface area contributed by atoms with Crippen molar-refractivity contribution < 1.29 is 9.53 Å². The second kappa shape index (κ2) is 9.86. The molecule has 0 saturated heterocycles. The normalized spacial score (nSPS) is 12.0. The average molecular weight is 373 g/mol. The van der Waals surface area contributed by atoms with Crippen molar-refractivity contribution in [1.82, 2.24) is 4.90 Å². The molecule has 3 rings (SSSR count). The Kier molecular flexibility index (Phi) is 6.99. The number of methoxy groups -OCH3 is 1. The van der Waals surface area contributed by atoms with Crippen LogP contribution in [0.25, 0.3) is 0 Å². The van der Waals surface area contributed by atoms with E-state index in [0.717, 1.165) is 18.7 Å². The topological polar surface area (TPSA) is 29.5 Å². The molecule has 3 heteroatoms. The first-order chi connectivity index (χ1) is 13.7. The summed E-state index contributed by atoms with van der Waals surface area (Å²) >= 11 is 0. The van der Waals surface area contributed by atoms with Gasteiger partial charge in [-0.25, -0.2) is 0 Å². The van der Waals surface area contributed by atoms with Gasteiger partial charge < -0.3 is 4.74 Å². The van der Waals surface area contributed by atoms with Crippen LogP contribution in [0.3, 0.4) is 0 Å². The monoisotopic (exact) mass is 373 g/mol. The van der Waals surface area contributed by atoms with Crippen molar-refractivity contribution >= 4 is 5.97 Å². The number of esters is 1. The van der Waals surface area contributed by atoms with Crippen LogP contribution in [0.15, 0.2) is 84.9 Å². The molecular weight excluding hydrogens is 346 g/mol. The Bertz CT molecular complexity index is 819. The highest BCUT2D eigenvalue weighted by Crippen LogP contribution is 2.22. The molecule has 3 aromatic rings. The van der Waals surface area contributed by atoms with Gasteiger partial charge in [0.1, 0.15) is 0 Å².